The van der Waals surface area contributed by atoms with E-state index in [0.717, 1.165) is 36.2 Å². The summed E-state index contributed by atoms with van der Waals surface area (Å²) in [5.74, 6) is 2.29. The first-order valence-corrected chi connectivity index (χ1v) is 7.98. The molecule has 5 heteroatoms. The molecule has 0 atom stereocenters. The molecular weight excluding hydrogens is 286 g/mol. The average molecular weight is 311 g/mol. The third-order valence-electron chi connectivity index (χ3n) is 3.53. The second-order valence-corrected chi connectivity index (χ2v) is 5.20. The Morgan fingerprint density at radius 2 is 1.74 bits per heavy atom. The lowest BCUT2D eigenvalue weighted by atomic mass is 10.2. The number of rotatable bonds is 8. The minimum absolute atomic E-state index is 0.675. The Labute approximate surface area is 138 Å². The SMILES string of the molecule is C=CCNc1cc(Nc2ccc(N(CC)CC)cc2)nc(C)n1. The molecule has 0 spiro atoms. The maximum atomic E-state index is 4.43. The number of hydrogen-bond acceptors (Lipinski definition) is 5. The fraction of sp³-hybridized carbons (Fsp3) is 0.333. The van der Waals surface area contributed by atoms with Crippen LogP contribution in [-0.2, 0) is 0 Å². The number of anilines is 4. The minimum atomic E-state index is 0.675. The van der Waals surface area contributed by atoms with Gasteiger partial charge in [-0.3, -0.25) is 0 Å². The van der Waals surface area contributed by atoms with Crippen molar-refractivity contribution in [2.45, 2.75) is 20.8 Å². The van der Waals surface area contributed by atoms with Crippen molar-refractivity contribution in [3.05, 3.63) is 48.8 Å². The molecule has 1 aromatic carbocycles. The molecule has 0 aliphatic carbocycles. The topological polar surface area (TPSA) is 53.1 Å². The zero-order chi connectivity index (χ0) is 16.7. The molecule has 2 rings (SSSR count). The van der Waals surface area contributed by atoms with E-state index in [2.05, 4.69) is 70.2 Å². The van der Waals surface area contributed by atoms with Crippen LogP contribution in [0.2, 0.25) is 0 Å². The molecule has 2 aromatic rings. The van der Waals surface area contributed by atoms with Crippen molar-refractivity contribution in [3.8, 4) is 0 Å². The zero-order valence-electron chi connectivity index (χ0n) is 14.1. The van der Waals surface area contributed by atoms with Gasteiger partial charge in [0.15, 0.2) is 0 Å². The van der Waals surface area contributed by atoms with Crippen LogP contribution in [0, 0.1) is 6.92 Å². The maximum absolute atomic E-state index is 4.43. The molecule has 2 N–H and O–H groups in total. The Morgan fingerprint density at radius 3 is 2.35 bits per heavy atom. The lowest BCUT2D eigenvalue weighted by molar-refractivity contribution is 0.866. The standard InChI is InChI=1S/C18H25N5/c1-5-12-19-17-13-18(21-14(4)20-17)22-15-8-10-16(11-9-15)23(6-2)7-3/h5,8-11,13H,1,6-7,12H2,2-4H3,(H2,19,20,21,22). The second-order valence-electron chi connectivity index (χ2n) is 5.20. The summed E-state index contributed by atoms with van der Waals surface area (Å²) in [4.78, 5) is 11.1. The second kappa shape index (κ2) is 8.17. The van der Waals surface area contributed by atoms with Gasteiger partial charge >= 0.3 is 0 Å². The number of benzene rings is 1. The molecule has 23 heavy (non-hydrogen) atoms. The predicted molar refractivity (Wildman–Crippen MR) is 98.7 cm³/mol. The van der Waals surface area contributed by atoms with Crippen LogP contribution < -0.4 is 15.5 Å². The van der Waals surface area contributed by atoms with Gasteiger partial charge in [-0.05, 0) is 45.0 Å². The van der Waals surface area contributed by atoms with Gasteiger partial charge in [0.2, 0.25) is 0 Å². The summed E-state index contributed by atoms with van der Waals surface area (Å²) in [6.07, 6.45) is 1.80. The van der Waals surface area contributed by atoms with E-state index in [1.54, 1.807) is 6.08 Å². The van der Waals surface area contributed by atoms with Crippen molar-refractivity contribution in [2.75, 3.05) is 35.2 Å². The van der Waals surface area contributed by atoms with Crippen LogP contribution >= 0.6 is 0 Å². The molecule has 0 saturated heterocycles. The van der Waals surface area contributed by atoms with E-state index in [1.165, 1.54) is 5.69 Å². The first-order valence-electron chi connectivity index (χ1n) is 7.98. The molecule has 0 saturated carbocycles. The summed E-state index contributed by atoms with van der Waals surface area (Å²) < 4.78 is 0. The van der Waals surface area contributed by atoms with Gasteiger partial charge in [-0.1, -0.05) is 6.08 Å². The van der Waals surface area contributed by atoms with Crippen LogP contribution in [-0.4, -0.2) is 29.6 Å². The summed E-state index contributed by atoms with van der Waals surface area (Å²) in [6, 6.07) is 10.3. The van der Waals surface area contributed by atoms with E-state index in [1.807, 2.05) is 13.0 Å². The molecule has 0 aliphatic heterocycles. The summed E-state index contributed by atoms with van der Waals surface area (Å²) in [5.41, 5.74) is 2.24. The van der Waals surface area contributed by atoms with Crippen molar-refractivity contribution >= 4 is 23.0 Å². The fourth-order valence-electron chi connectivity index (χ4n) is 2.39. The van der Waals surface area contributed by atoms with Crippen LogP contribution in [0.15, 0.2) is 43.0 Å². The highest BCUT2D eigenvalue weighted by atomic mass is 15.1. The minimum Gasteiger partial charge on any atom is -0.372 e. The molecule has 122 valence electrons. The Bertz CT molecular complexity index is 632. The fourth-order valence-corrected chi connectivity index (χ4v) is 2.39. The van der Waals surface area contributed by atoms with Gasteiger partial charge < -0.3 is 15.5 Å². The molecular formula is C18H25N5. The third kappa shape index (κ3) is 4.71. The Morgan fingerprint density at radius 1 is 1.09 bits per heavy atom. The zero-order valence-corrected chi connectivity index (χ0v) is 14.1. The van der Waals surface area contributed by atoms with Gasteiger partial charge in [0.1, 0.15) is 17.5 Å². The van der Waals surface area contributed by atoms with Crippen LogP contribution in [0.4, 0.5) is 23.0 Å². The number of aromatic nitrogens is 2. The number of hydrogen-bond donors (Lipinski definition) is 2. The average Bonchev–Trinajstić information content (AvgIpc) is 2.55. The molecule has 0 amide bonds. The van der Waals surface area contributed by atoms with E-state index < -0.39 is 0 Å². The van der Waals surface area contributed by atoms with E-state index in [4.69, 9.17) is 0 Å². The summed E-state index contributed by atoms with van der Waals surface area (Å²) in [5, 5.41) is 6.51. The molecule has 0 radical (unpaired) electrons. The van der Waals surface area contributed by atoms with Crippen molar-refractivity contribution in [1.82, 2.24) is 9.97 Å². The third-order valence-corrected chi connectivity index (χ3v) is 3.53. The first-order chi connectivity index (χ1) is 11.2. The number of nitrogens with zero attached hydrogens (tertiary/aromatic N) is 3. The summed E-state index contributed by atoms with van der Waals surface area (Å²) >= 11 is 0. The largest absolute Gasteiger partial charge is 0.372 e. The molecule has 0 fully saturated rings. The Kier molecular flexibility index (Phi) is 5.97. The van der Waals surface area contributed by atoms with E-state index in [-0.39, 0.29) is 0 Å². The monoisotopic (exact) mass is 311 g/mol. The smallest absolute Gasteiger partial charge is 0.136 e. The molecule has 0 aliphatic rings. The van der Waals surface area contributed by atoms with Gasteiger partial charge in [0.05, 0.1) is 0 Å². The van der Waals surface area contributed by atoms with Gasteiger partial charge in [0, 0.05) is 37.1 Å². The van der Waals surface area contributed by atoms with Crippen molar-refractivity contribution in [2.24, 2.45) is 0 Å². The molecule has 0 bridgehead atoms. The normalized spacial score (nSPS) is 10.2. The molecule has 1 aromatic heterocycles. The van der Waals surface area contributed by atoms with Crippen LogP contribution in [0.1, 0.15) is 19.7 Å². The van der Waals surface area contributed by atoms with Crippen molar-refractivity contribution in [3.63, 3.8) is 0 Å². The summed E-state index contributed by atoms with van der Waals surface area (Å²) in [7, 11) is 0. The van der Waals surface area contributed by atoms with Crippen molar-refractivity contribution < 1.29 is 0 Å². The van der Waals surface area contributed by atoms with Gasteiger partial charge in [-0.15, -0.1) is 6.58 Å². The predicted octanol–water partition coefficient (Wildman–Crippen LogP) is 3.97. The highest BCUT2D eigenvalue weighted by Gasteiger charge is 2.04. The Balaban J connectivity index is 2.12. The van der Waals surface area contributed by atoms with Crippen LogP contribution in [0.25, 0.3) is 0 Å². The van der Waals surface area contributed by atoms with E-state index in [0.29, 0.717) is 6.54 Å². The molecule has 1 heterocycles. The Hall–Kier alpha value is -2.56. The van der Waals surface area contributed by atoms with Crippen molar-refractivity contribution in [1.29, 1.82) is 0 Å². The highest BCUT2D eigenvalue weighted by molar-refractivity contribution is 5.62. The van der Waals surface area contributed by atoms with Gasteiger partial charge in [-0.25, -0.2) is 9.97 Å². The molecule has 5 nitrogen and oxygen atoms in total. The molecule has 0 unspecified atom stereocenters. The highest BCUT2D eigenvalue weighted by Crippen LogP contribution is 2.21. The lowest BCUT2D eigenvalue weighted by Crippen LogP contribution is -2.21. The number of aryl methyl sites for hydroxylation is 1. The van der Waals surface area contributed by atoms with Crippen LogP contribution in [0.3, 0.4) is 0 Å². The van der Waals surface area contributed by atoms with E-state index in [9.17, 15) is 0 Å². The lowest BCUT2D eigenvalue weighted by Gasteiger charge is -2.21. The van der Waals surface area contributed by atoms with Gasteiger partial charge in [-0.2, -0.15) is 0 Å². The van der Waals surface area contributed by atoms with E-state index >= 15 is 0 Å². The maximum Gasteiger partial charge on any atom is 0.136 e. The number of nitrogens with one attached hydrogen (secondary N) is 2. The quantitative estimate of drug-likeness (QED) is 0.722. The van der Waals surface area contributed by atoms with Gasteiger partial charge in [0.25, 0.3) is 0 Å². The van der Waals surface area contributed by atoms with Crippen LogP contribution in [0.5, 0.6) is 0 Å². The first kappa shape index (κ1) is 16.8. The summed E-state index contributed by atoms with van der Waals surface area (Å²) in [6.45, 7) is 12.6.